The van der Waals surface area contributed by atoms with Gasteiger partial charge in [-0.15, -0.1) is 0 Å². The molecule has 2 aromatic carbocycles. The fourth-order valence-corrected chi connectivity index (χ4v) is 5.90. The van der Waals surface area contributed by atoms with Crippen LogP contribution in [0.3, 0.4) is 0 Å². The molecular weight excluding hydrogens is 560 g/mol. The summed E-state index contributed by atoms with van der Waals surface area (Å²) < 4.78 is 0. The number of H-pyrrole nitrogens is 2. The molecule has 9 nitrogen and oxygen atoms in total. The number of nitrogens with zero attached hydrogens (tertiary/aromatic N) is 5. The maximum atomic E-state index is 13.2. The number of anilines is 3. The number of rotatable bonds is 8. The number of carbonyl (C=O) groups is 1. The van der Waals surface area contributed by atoms with Gasteiger partial charge in [-0.05, 0) is 60.7 Å². The predicted octanol–water partition coefficient (Wildman–Crippen LogP) is 7.30. The number of hydrogen-bond donors (Lipinski definition) is 3. The Hall–Kier alpha value is -5.02. The number of aromatic amines is 2. The topological polar surface area (TPSA) is 115 Å². The Morgan fingerprint density at radius 2 is 1.79 bits per heavy atom. The molecule has 0 spiro atoms. The Balaban J connectivity index is 1.01. The molecule has 3 N–H and O–H groups in total. The van der Waals surface area contributed by atoms with Crippen molar-refractivity contribution in [2.75, 3.05) is 23.3 Å². The molecule has 0 unspecified atom stereocenters. The van der Waals surface area contributed by atoms with Gasteiger partial charge in [-0.1, -0.05) is 35.9 Å². The van der Waals surface area contributed by atoms with Crippen molar-refractivity contribution in [3.05, 3.63) is 102 Å². The van der Waals surface area contributed by atoms with E-state index < -0.39 is 0 Å². The minimum Gasteiger partial charge on any atom is -0.370 e. The molecule has 1 aliphatic heterocycles. The summed E-state index contributed by atoms with van der Waals surface area (Å²) in [6, 6.07) is 19.8. The van der Waals surface area contributed by atoms with Gasteiger partial charge >= 0.3 is 0 Å². The molecular formula is C33H29ClN8O. The van der Waals surface area contributed by atoms with Gasteiger partial charge in [-0.2, -0.15) is 5.10 Å². The van der Waals surface area contributed by atoms with Gasteiger partial charge < -0.3 is 15.2 Å². The van der Waals surface area contributed by atoms with Crippen molar-refractivity contribution in [3.63, 3.8) is 0 Å². The first-order valence-corrected chi connectivity index (χ1v) is 14.7. The molecule has 0 amide bonds. The Kier molecular flexibility index (Phi) is 7.30. The smallest absolute Gasteiger partial charge is 0.179 e. The maximum absolute atomic E-state index is 13.2. The summed E-state index contributed by atoms with van der Waals surface area (Å²) in [5, 5.41) is 11.9. The first kappa shape index (κ1) is 26.9. The monoisotopic (exact) mass is 588 g/mol. The Bertz CT molecular complexity index is 1880. The van der Waals surface area contributed by atoms with Gasteiger partial charge in [0.15, 0.2) is 11.6 Å². The van der Waals surface area contributed by atoms with Crippen LogP contribution < -0.4 is 10.2 Å². The lowest BCUT2D eigenvalue weighted by Crippen LogP contribution is -2.34. The highest BCUT2D eigenvalue weighted by Crippen LogP contribution is 2.31. The number of fused-ring (bicyclic) bond motifs is 1. The van der Waals surface area contributed by atoms with Gasteiger partial charge in [0.1, 0.15) is 5.82 Å². The van der Waals surface area contributed by atoms with Crippen LogP contribution in [0, 0.1) is 5.92 Å². The third-order valence-corrected chi connectivity index (χ3v) is 8.30. The number of ketones is 1. The lowest BCUT2D eigenvalue weighted by atomic mass is 9.91. The highest BCUT2D eigenvalue weighted by atomic mass is 35.5. The van der Waals surface area contributed by atoms with E-state index in [1.165, 1.54) is 0 Å². The maximum Gasteiger partial charge on any atom is 0.179 e. The molecule has 1 saturated heterocycles. The van der Waals surface area contributed by atoms with Gasteiger partial charge in [0.05, 0.1) is 22.6 Å². The zero-order chi connectivity index (χ0) is 29.2. The van der Waals surface area contributed by atoms with Gasteiger partial charge in [-0.25, -0.2) is 9.97 Å². The molecule has 0 radical (unpaired) electrons. The number of halogens is 1. The number of nitrogens with one attached hydrogen (secondary N) is 3. The van der Waals surface area contributed by atoms with E-state index in [1.807, 2.05) is 66.9 Å². The highest BCUT2D eigenvalue weighted by Gasteiger charge is 2.24. The lowest BCUT2D eigenvalue weighted by molar-refractivity contribution is 0.0950. The number of piperidine rings is 1. The normalized spacial score (nSPS) is 13.8. The largest absolute Gasteiger partial charge is 0.370 e. The quantitative estimate of drug-likeness (QED) is 0.160. The Labute approximate surface area is 253 Å². The zero-order valence-corrected chi connectivity index (χ0v) is 24.1. The van der Waals surface area contributed by atoms with Crippen LogP contribution >= 0.6 is 11.6 Å². The van der Waals surface area contributed by atoms with E-state index in [4.69, 9.17) is 16.6 Å². The molecule has 5 heterocycles. The fraction of sp³-hybridized carbons (Fsp3) is 0.182. The average Bonchev–Trinajstić information content (AvgIpc) is 3.73. The molecule has 43 heavy (non-hydrogen) atoms. The standard InChI is InChI=1S/C33H29ClN8O/c34-27-20-35-11-7-30(27)42-13-9-21(10-14-42)15-31(43)29-16-23-1-2-24(17-28(23)40-29)33-36-12-8-32(41-33)39-26-5-3-22(4-6-26)25-18-37-38-19-25/h1-8,11-12,16-21,40H,9-10,13-15H2,(H,37,38)(H,36,39,41). The van der Waals surface area contributed by atoms with Crippen molar-refractivity contribution in [3.8, 4) is 22.5 Å². The van der Waals surface area contributed by atoms with Crippen molar-refractivity contribution in [2.45, 2.75) is 19.3 Å². The molecule has 6 aromatic rings. The third-order valence-electron chi connectivity index (χ3n) is 8.01. The second kappa shape index (κ2) is 11.7. The Morgan fingerprint density at radius 3 is 2.58 bits per heavy atom. The molecule has 0 aliphatic carbocycles. The van der Waals surface area contributed by atoms with Crippen molar-refractivity contribution >= 4 is 45.5 Å². The van der Waals surface area contributed by atoms with Gasteiger partial charge in [0, 0.05) is 72.0 Å². The number of benzene rings is 2. The van der Waals surface area contributed by atoms with E-state index in [9.17, 15) is 4.79 Å². The number of pyridine rings is 1. The van der Waals surface area contributed by atoms with E-state index in [2.05, 4.69) is 35.4 Å². The summed E-state index contributed by atoms with van der Waals surface area (Å²) in [5.74, 6) is 1.78. The van der Waals surface area contributed by atoms with Gasteiger partial charge in [0.25, 0.3) is 0 Å². The van der Waals surface area contributed by atoms with Crippen LogP contribution in [0.2, 0.25) is 5.02 Å². The highest BCUT2D eigenvalue weighted by molar-refractivity contribution is 6.33. The van der Waals surface area contributed by atoms with Crippen molar-refractivity contribution in [2.24, 2.45) is 5.92 Å². The second-order valence-electron chi connectivity index (χ2n) is 10.8. The summed E-state index contributed by atoms with van der Waals surface area (Å²) in [6.07, 6.45) is 11.3. The van der Waals surface area contributed by atoms with Crippen LogP contribution in [0.5, 0.6) is 0 Å². The lowest BCUT2D eigenvalue weighted by Gasteiger charge is -2.33. The first-order chi connectivity index (χ1) is 21.1. The number of hydrogen-bond acceptors (Lipinski definition) is 7. The summed E-state index contributed by atoms with van der Waals surface area (Å²) >= 11 is 6.33. The molecule has 214 valence electrons. The third kappa shape index (κ3) is 5.85. The van der Waals surface area contributed by atoms with Crippen molar-refractivity contribution in [1.29, 1.82) is 0 Å². The van der Waals surface area contributed by atoms with E-state index in [1.54, 1.807) is 24.8 Å². The summed E-state index contributed by atoms with van der Waals surface area (Å²) in [6.45, 7) is 1.75. The van der Waals surface area contributed by atoms with Crippen LogP contribution in [0.1, 0.15) is 29.8 Å². The predicted molar refractivity (Wildman–Crippen MR) is 170 cm³/mol. The van der Waals surface area contributed by atoms with Crippen LogP contribution in [-0.4, -0.2) is 49.0 Å². The van der Waals surface area contributed by atoms with Crippen LogP contribution in [0.25, 0.3) is 33.4 Å². The van der Waals surface area contributed by atoms with Crippen LogP contribution in [0.15, 0.2) is 91.6 Å². The zero-order valence-electron chi connectivity index (χ0n) is 23.3. The van der Waals surface area contributed by atoms with E-state index in [0.717, 1.165) is 64.9 Å². The SMILES string of the molecule is O=C(CC1CCN(c2ccncc2Cl)CC1)c1cc2ccc(-c3nccc(Nc4ccc(-c5cn[nH]c5)cc4)n3)cc2[nH]1. The second-order valence-corrected chi connectivity index (χ2v) is 11.2. The molecule has 1 aliphatic rings. The fourth-order valence-electron chi connectivity index (χ4n) is 5.66. The first-order valence-electron chi connectivity index (χ1n) is 14.3. The number of Topliss-reactive ketones (excluding diaryl/α,β-unsaturated/α-hetero) is 1. The summed E-state index contributed by atoms with van der Waals surface area (Å²) in [4.78, 5) is 32.2. The van der Waals surface area contributed by atoms with Crippen molar-refractivity contribution < 1.29 is 4.79 Å². The minimum absolute atomic E-state index is 0.138. The molecule has 0 bridgehead atoms. The minimum atomic E-state index is 0.138. The van der Waals surface area contributed by atoms with E-state index >= 15 is 0 Å². The van der Waals surface area contributed by atoms with Crippen molar-refractivity contribution in [1.82, 2.24) is 30.1 Å². The van der Waals surface area contributed by atoms with Gasteiger partial charge in [0.2, 0.25) is 0 Å². The molecule has 0 atom stereocenters. The molecule has 7 rings (SSSR count). The molecule has 1 fully saturated rings. The summed E-state index contributed by atoms with van der Waals surface area (Å²) in [5.41, 5.74) is 6.45. The van der Waals surface area contributed by atoms with Crippen LogP contribution in [-0.2, 0) is 0 Å². The Morgan fingerprint density at radius 1 is 0.953 bits per heavy atom. The number of carbonyl (C=O) groups excluding carboxylic acids is 1. The summed E-state index contributed by atoms with van der Waals surface area (Å²) in [7, 11) is 0. The van der Waals surface area contributed by atoms with Gasteiger partial charge in [-0.3, -0.25) is 14.9 Å². The van der Waals surface area contributed by atoms with E-state index in [-0.39, 0.29) is 5.78 Å². The molecule has 0 saturated carbocycles. The molecule has 4 aromatic heterocycles. The average molecular weight is 589 g/mol. The van der Waals surface area contributed by atoms with Crippen LogP contribution in [0.4, 0.5) is 17.2 Å². The number of aromatic nitrogens is 6. The molecule has 10 heteroatoms. The van der Waals surface area contributed by atoms with E-state index in [0.29, 0.717) is 34.7 Å².